The Morgan fingerprint density at radius 2 is 2.32 bits per heavy atom. The number of aromatic nitrogens is 3. The van der Waals surface area contributed by atoms with Crippen LogP contribution in [0, 0.1) is 6.92 Å². The molecular weight excluding hydrogens is 312 g/mol. The van der Waals surface area contributed by atoms with Crippen LogP contribution < -0.4 is 4.90 Å². The number of pyridine rings is 1. The van der Waals surface area contributed by atoms with Gasteiger partial charge in [0, 0.05) is 24.1 Å². The second-order valence-corrected chi connectivity index (χ2v) is 5.23. The van der Waals surface area contributed by atoms with Gasteiger partial charge in [0.25, 0.3) is 0 Å². The van der Waals surface area contributed by atoms with Crippen LogP contribution in [-0.4, -0.2) is 34.8 Å². The van der Waals surface area contributed by atoms with Crippen molar-refractivity contribution in [3.8, 4) is 0 Å². The fraction of sp³-hybridized carbons (Fsp3) is 0.417. The van der Waals surface area contributed by atoms with Crippen molar-refractivity contribution in [3.63, 3.8) is 0 Å². The summed E-state index contributed by atoms with van der Waals surface area (Å²) < 4.78 is 11.6. The molecule has 100 valence electrons. The van der Waals surface area contributed by atoms with Crippen LogP contribution in [0.3, 0.4) is 0 Å². The topological polar surface area (TPSA) is 64.3 Å². The summed E-state index contributed by atoms with van der Waals surface area (Å²) in [5.41, 5.74) is 0. The maximum absolute atomic E-state index is 5.69. The zero-order valence-corrected chi connectivity index (χ0v) is 12.0. The van der Waals surface area contributed by atoms with Crippen LogP contribution in [0.5, 0.6) is 0 Å². The van der Waals surface area contributed by atoms with Crippen LogP contribution in [0.1, 0.15) is 17.8 Å². The molecule has 6 nitrogen and oxygen atoms in total. The molecular formula is C12H13BrN4O2. The Bertz CT molecular complexity index is 557. The molecule has 0 saturated carbocycles. The molecule has 1 aliphatic rings. The molecule has 3 rings (SSSR count). The van der Waals surface area contributed by atoms with E-state index in [2.05, 4.69) is 36.0 Å². The first kappa shape index (κ1) is 12.6. The van der Waals surface area contributed by atoms with Gasteiger partial charge in [0.05, 0.1) is 13.2 Å². The summed E-state index contributed by atoms with van der Waals surface area (Å²) in [6, 6.07) is 3.96. The molecule has 1 saturated heterocycles. The minimum absolute atomic E-state index is 0.170. The maximum atomic E-state index is 5.69. The highest BCUT2D eigenvalue weighted by Gasteiger charge is 2.26. The van der Waals surface area contributed by atoms with Crippen LogP contribution >= 0.6 is 15.9 Å². The number of anilines is 1. The lowest BCUT2D eigenvalue weighted by molar-refractivity contribution is 0.0323. The van der Waals surface area contributed by atoms with Crippen molar-refractivity contribution in [2.24, 2.45) is 0 Å². The number of ether oxygens (including phenoxy) is 1. The number of morpholine rings is 1. The Morgan fingerprint density at radius 1 is 1.42 bits per heavy atom. The zero-order valence-electron chi connectivity index (χ0n) is 10.4. The number of aryl methyl sites for hydroxylation is 1. The predicted octanol–water partition coefficient (Wildman–Crippen LogP) is 2.11. The summed E-state index contributed by atoms with van der Waals surface area (Å²) in [6.45, 7) is 3.87. The fourth-order valence-corrected chi connectivity index (χ4v) is 2.25. The molecule has 2 aromatic rings. The quantitative estimate of drug-likeness (QED) is 0.843. The normalized spacial score (nSPS) is 19.7. The molecule has 0 aliphatic carbocycles. The average molecular weight is 325 g/mol. The number of rotatable bonds is 2. The lowest BCUT2D eigenvalue weighted by Crippen LogP contribution is -2.39. The van der Waals surface area contributed by atoms with Crippen LogP contribution in [0.15, 0.2) is 27.3 Å². The molecule has 0 bridgehead atoms. The number of hydrogen-bond acceptors (Lipinski definition) is 6. The summed E-state index contributed by atoms with van der Waals surface area (Å²) >= 11 is 3.38. The monoisotopic (exact) mass is 324 g/mol. The van der Waals surface area contributed by atoms with E-state index >= 15 is 0 Å². The lowest BCUT2D eigenvalue weighted by atomic mass is 10.2. The van der Waals surface area contributed by atoms with Crippen LogP contribution in [0.2, 0.25) is 0 Å². The van der Waals surface area contributed by atoms with Crippen molar-refractivity contribution in [2.45, 2.75) is 13.0 Å². The van der Waals surface area contributed by atoms with Gasteiger partial charge in [0.1, 0.15) is 11.9 Å². The predicted molar refractivity (Wildman–Crippen MR) is 71.9 cm³/mol. The minimum atomic E-state index is -0.170. The summed E-state index contributed by atoms with van der Waals surface area (Å²) in [5.74, 6) is 2.08. The van der Waals surface area contributed by atoms with E-state index in [1.807, 2.05) is 12.1 Å². The molecule has 0 spiro atoms. The van der Waals surface area contributed by atoms with E-state index < -0.39 is 0 Å². The van der Waals surface area contributed by atoms with Gasteiger partial charge < -0.3 is 14.2 Å². The van der Waals surface area contributed by atoms with Gasteiger partial charge in [0.2, 0.25) is 11.7 Å². The Balaban J connectivity index is 1.76. The number of hydrogen-bond donors (Lipinski definition) is 0. The van der Waals surface area contributed by atoms with Crippen molar-refractivity contribution in [1.82, 2.24) is 15.1 Å². The molecule has 7 heteroatoms. The van der Waals surface area contributed by atoms with Gasteiger partial charge in [-0.05, 0) is 28.1 Å². The molecule has 2 aromatic heterocycles. The molecule has 3 heterocycles. The maximum Gasteiger partial charge on any atom is 0.223 e. The first-order valence-corrected chi connectivity index (χ1v) is 6.80. The van der Waals surface area contributed by atoms with Crippen LogP contribution in [0.25, 0.3) is 0 Å². The van der Waals surface area contributed by atoms with Gasteiger partial charge >= 0.3 is 0 Å². The third-order valence-electron chi connectivity index (χ3n) is 2.93. The smallest absolute Gasteiger partial charge is 0.223 e. The Labute approximate surface area is 118 Å². The highest BCUT2D eigenvalue weighted by atomic mass is 79.9. The molecule has 0 N–H and O–H groups in total. The lowest BCUT2D eigenvalue weighted by Gasteiger charge is -2.32. The first-order chi connectivity index (χ1) is 9.22. The van der Waals surface area contributed by atoms with Gasteiger partial charge in [-0.15, -0.1) is 0 Å². The van der Waals surface area contributed by atoms with Crippen molar-refractivity contribution < 1.29 is 9.26 Å². The average Bonchev–Trinajstić information content (AvgIpc) is 2.86. The van der Waals surface area contributed by atoms with Gasteiger partial charge in [0.15, 0.2) is 0 Å². The fourth-order valence-electron chi connectivity index (χ4n) is 2.01. The van der Waals surface area contributed by atoms with E-state index in [1.54, 1.807) is 13.1 Å². The van der Waals surface area contributed by atoms with Crippen molar-refractivity contribution in [2.75, 3.05) is 24.6 Å². The second kappa shape index (κ2) is 5.26. The van der Waals surface area contributed by atoms with Gasteiger partial charge in [-0.25, -0.2) is 4.98 Å². The highest BCUT2D eigenvalue weighted by Crippen LogP contribution is 2.23. The van der Waals surface area contributed by atoms with Crippen LogP contribution in [0.4, 0.5) is 5.82 Å². The van der Waals surface area contributed by atoms with Gasteiger partial charge in [-0.3, -0.25) is 0 Å². The molecule has 1 aliphatic heterocycles. The van der Waals surface area contributed by atoms with E-state index in [0.717, 1.165) is 16.8 Å². The Hall–Kier alpha value is -1.47. The Morgan fingerprint density at radius 3 is 3.00 bits per heavy atom. The summed E-state index contributed by atoms with van der Waals surface area (Å²) in [7, 11) is 0. The van der Waals surface area contributed by atoms with Crippen LogP contribution in [-0.2, 0) is 4.74 Å². The molecule has 0 unspecified atom stereocenters. The molecule has 1 fully saturated rings. The molecule has 0 aromatic carbocycles. The van der Waals surface area contributed by atoms with Crippen molar-refractivity contribution in [3.05, 3.63) is 34.5 Å². The summed E-state index contributed by atoms with van der Waals surface area (Å²) in [6.07, 6.45) is 1.62. The summed E-state index contributed by atoms with van der Waals surface area (Å²) in [4.78, 5) is 10.8. The second-order valence-electron chi connectivity index (χ2n) is 4.31. The molecule has 0 radical (unpaired) electrons. The largest absolute Gasteiger partial charge is 0.366 e. The van der Waals surface area contributed by atoms with E-state index in [1.165, 1.54) is 0 Å². The molecule has 19 heavy (non-hydrogen) atoms. The standard InChI is InChI=1S/C12H13BrN4O2/c1-8-15-12(16-19-8)10-7-17(4-5-18-10)11-3-2-9(13)6-14-11/h2-3,6,10H,4-5,7H2,1H3/t10-/m0/s1. The highest BCUT2D eigenvalue weighted by molar-refractivity contribution is 9.10. The SMILES string of the molecule is Cc1nc([C@@H]2CN(c3ccc(Br)cn3)CCO2)no1. The Kier molecular flexibility index (Phi) is 3.48. The van der Waals surface area contributed by atoms with Crippen molar-refractivity contribution >= 4 is 21.7 Å². The number of nitrogens with zero attached hydrogens (tertiary/aromatic N) is 4. The van der Waals surface area contributed by atoms with Gasteiger partial charge in [-0.2, -0.15) is 4.98 Å². The molecule has 1 atom stereocenters. The third kappa shape index (κ3) is 2.76. The number of halogens is 1. The minimum Gasteiger partial charge on any atom is -0.366 e. The van der Waals surface area contributed by atoms with Crippen molar-refractivity contribution in [1.29, 1.82) is 0 Å². The molecule has 0 amide bonds. The first-order valence-electron chi connectivity index (χ1n) is 6.01. The van der Waals surface area contributed by atoms with E-state index in [9.17, 15) is 0 Å². The zero-order chi connectivity index (χ0) is 13.2. The van der Waals surface area contributed by atoms with Gasteiger partial charge in [-0.1, -0.05) is 5.16 Å². The third-order valence-corrected chi connectivity index (χ3v) is 3.40. The summed E-state index contributed by atoms with van der Waals surface area (Å²) in [5, 5.41) is 3.92. The van der Waals surface area contributed by atoms with E-state index in [-0.39, 0.29) is 6.10 Å². The van der Waals surface area contributed by atoms with E-state index in [0.29, 0.717) is 24.9 Å². The van der Waals surface area contributed by atoms with E-state index in [4.69, 9.17) is 9.26 Å².